The molecular formula is C17H24N4. The number of benzene rings is 1. The average Bonchev–Trinajstić information content (AvgIpc) is 2.47. The van der Waals surface area contributed by atoms with E-state index in [1.165, 1.54) is 11.1 Å². The molecule has 4 nitrogen and oxygen atoms in total. The molecule has 0 atom stereocenters. The Hall–Kier alpha value is -2.10. The van der Waals surface area contributed by atoms with Gasteiger partial charge in [-0.3, -0.25) is 0 Å². The third-order valence-corrected chi connectivity index (χ3v) is 3.56. The number of anilines is 2. The summed E-state index contributed by atoms with van der Waals surface area (Å²) in [6, 6.07) is 10.5. The molecule has 0 aliphatic rings. The van der Waals surface area contributed by atoms with E-state index >= 15 is 0 Å². The van der Waals surface area contributed by atoms with E-state index in [0.29, 0.717) is 5.95 Å². The summed E-state index contributed by atoms with van der Waals surface area (Å²) in [7, 11) is 0. The first-order chi connectivity index (χ1) is 10.2. The van der Waals surface area contributed by atoms with Gasteiger partial charge in [-0.25, -0.2) is 4.98 Å². The lowest BCUT2D eigenvalue weighted by Gasteiger charge is -2.13. The molecular weight excluding hydrogens is 260 g/mol. The first kappa shape index (κ1) is 15.3. The zero-order chi connectivity index (χ0) is 15.1. The molecule has 0 aliphatic heterocycles. The quantitative estimate of drug-likeness (QED) is 0.765. The fourth-order valence-corrected chi connectivity index (χ4v) is 2.36. The maximum Gasteiger partial charge on any atom is 0.222 e. The van der Waals surface area contributed by atoms with Gasteiger partial charge in [-0.1, -0.05) is 43.7 Å². The molecule has 4 heteroatoms. The van der Waals surface area contributed by atoms with Crippen LogP contribution in [0.4, 0.5) is 11.8 Å². The van der Waals surface area contributed by atoms with E-state index in [1.807, 2.05) is 13.0 Å². The van der Waals surface area contributed by atoms with Crippen LogP contribution >= 0.6 is 0 Å². The van der Waals surface area contributed by atoms with Gasteiger partial charge in [0.25, 0.3) is 0 Å². The van der Waals surface area contributed by atoms with E-state index in [1.54, 1.807) is 0 Å². The largest absolute Gasteiger partial charge is 0.370 e. The van der Waals surface area contributed by atoms with Crippen molar-refractivity contribution in [2.75, 3.05) is 17.6 Å². The molecule has 2 aromatic rings. The van der Waals surface area contributed by atoms with E-state index in [2.05, 4.69) is 46.5 Å². The number of aromatic nitrogens is 2. The van der Waals surface area contributed by atoms with Crippen LogP contribution in [-0.4, -0.2) is 16.5 Å². The number of unbranched alkanes of at least 4 members (excludes halogenated alkanes) is 1. The Morgan fingerprint density at radius 2 is 1.86 bits per heavy atom. The van der Waals surface area contributed by atoms with Gasteiger partial charge in [0.15, 0.2) is 0 Å². The number of nitrogens with one attached hydrogen (secondary N) is 1. The highest BCUT2D eigenvalue weighted by molar-refractivity contribution is 5.49. The highest BCUT2D eigenvalue weighted by atomic mass is 15.1. The summed E-state index contributed by atoms with van der Waals surface area (Å²) >= 11 is 0. The minimum Gasteiger partial charge on any atom is -0.370 e. The van der Waals surface area contributed by atoms with Crippen molar-refractivity contribution >= 4 is 11.8 Å². The Morgan fingerprint density at radius 3 is 2.57 bits per heavy atom. The first-order valence-electron chi connectivity index (χ1n) is 7.61. The number of aryl methyl sites for hydroxylation is 2. The van der Waals surface area contributed by atoms with Crippen molar-refractivity contribution in [2.24, 2.45) is 0 Å². The van der Waals surface area contributed by atoms with Gasteiger partial charge >= 0.3 is 0 Å². The molecule has 0 radical (unpaired) electrons. The minimum absolute atomic E-state index is 0.343. The van der Waals surface area contributed by atoms with E-state index in [9.17, 15) is 0 Å². The second-order valence-corrected chi connectivity index (χ2v) is 5.26. The molecule has 0 fully saturated rings. The number of hydrogen-bond donors (Lipinski definition) is 2. The molecule has 0 amide bonds. The van der Waals surface area contributed by atoms with Gasteiger partial charge in [0.05, 0.1) is 0 Å². The second kappa shape index (κ2) is 7.62. The van der Waals surface area contributed by atoms with Crippen LogP contribution in [-0.2, 0) is 12.8 Å². The van der Waals surface area contributed by atoms with Gasteiger partial charge in [-0.2, -0.15) is 4.98 Å². The summed E-state index contributed by atoms with van der Waals surface area (Å²) in [5.41, 5.74) is 9.25. The van der Waals surface area contributed by atoms with Crippen molar-refractivity contribution in [1.82, 2.24) is 9.97 Å². The lowest BCUT2D eigenvalue weighted by atomic mass is 10.0. The van der Waals surface area contributed by atoms with Crippen molar-refractivity contribution in [3.05, 3.63) is 47.2 Å². The molecule has 0 bridgehead atoms. The van der Waals surface area contributed by atoms with Crippen LogP contribution in [0.25, 0.3) is 0 Å². The predicted octanol–water partition coefficient (Wildman–Crippen LogP) is 3.36. The lowest BCUT2D eigenvalue weighted by Crippen LogP contribution is -2.11. The fourth-order valence-electron chi connectivity index (χ4n) is 2.36. The summed E-state index contributed by atoms with van der Waals surface area (Å²) < 4.78 is 0. The SMILES string of the molecule is CCCCNc1nc(N)nc(C)c1CCc1ccccc1. The Kier molecular flexibility index (Phi) is 5.55. The van der Waals surface area contributed by atoms with Gasteiger partial charge in [0.1, 0.15) is 5.82 Å². The third-order valence-electron chi connectivity index (χ3n) is 3.56. The van der Waals surface area contributed by atoms with Crippen molar-refractivity contribution in [3.63, 3.8) is 0 Å². The van der Waals surface area contributed by atoms with Gasteiger partial charge in [0.2, 0.25) is 5.95 Å². The fraction of sp³-hybridized carbons (Fsp3) is 0.412. The summed E-state index contributed by atoms with van der Waals surface area (Å²) in [5.74, 6) is 1.24. The number of nitrogens with two attached hydrogens (primary N) is 1. The van der Waals surface area contributed by atoms with Crippen molar-refractivity contribution in [1.29, 1.82) is 0 Å². The highest BCUT2D eigenvalue weighted by Gasteiger charge is 2.10. The Balaban J connectivity index is 2.12. The van der Waals surface area contributed by atoms with Crippen molar-refractivity contribution in [3.8, 4) is 0 Å². The lowest BCUT2D eigenvalue weighted by molar-refractivity contribution is 0.824. The first-order valence-corrected chi connectivity index (χ1v) is 7.61. The molecule has 0 unspecified atom stereocenters. The van der Waals surface area contributed by atoms with E-state index in [-0.39, 0.29) is 0 Å². The topological polar surface area (TPSA) is 63.8 Å². The van der Waals surface area contributed by atoms with Gasteiger partial charge in [0, 0.05) is 17.8 Å². The zero-order valence-corrected chi connectivity index (χ0v) is 12.9. The van der Waals surface area contributed by atoms with E-state index in [0.717, 1.165) is 43.7 Å². The Labute approximate surface area is 126 Å². The summed E-state index contributed by atoms with van der Waals surface area (Å²) in [4.78, 5) is 8.68. The van der Waals surface area contributed by atoms with Crippen LogP contribution in [0.15, 0.2) is 30.3 Å². The monoisotopic (exact) mass is 284 g/mol. The zero-order valence-electron chi connectivity index (χ0n) is 12.9. The Morgan fingerprint density at radius 1 is 1.10 bits per heavy atom. The average molecular weight is 284 g/mol. The Bertz CT molecular complexity index is 567. The molecule has 0 saturated heterocycles. The standard InChI is InChI=1S/C17H24N4/c1-3-4-12-19-16-15(13(2)20-17(18)21-16)11-10-14-8-6-5-7-9-14/h5-9H,3-4,10-12H2,1-2H3,(H3,18,19,20,21). The summed E-state index contributed by atoms with van der Waals surface area (Å²) in [6.45, 7) is 5.10. The maximum atomic E-state index is 5.78. The summed E-state index contributed by atoms with van der Waals surface area (Å²) in [6.07, 6.45) is 4.19. The predicted molar refractivity (Wildman–Crippen MR) is 88.4 cm³/mol. The van der Waals surface area contributed by atoms with Crippen molar-refractivity contribution in [2.45, 2.75) is 39.5 Å². The van der Waals surface area contributed by atoms with Crippen LogP contribution in [0.5, 0.6) is 0 Å². The molecule has 1 aromatic carbocycles. The van der Waals surface area contributed by atoms with E-state index in [4.69, 9.17) is 5.73 Å². The second-order valence-electron chi connectivity index (χ2n) is 5.26. The van der Waals surface area contributed by atoms with Crippen LogP contribution in [0.2, 0.25) is 0 Å². The van der Waals surface area contributed by atoms with Gasteiger partial charge < -0.3 is 11.1 Å². The van der Waals surface area contributed by atoms with E-state index < -0.39 is 0 Å². The number of nitrogens with zero attached hydrogens (tertiary/aromatic N) is 2. The molecule has 2 rings (SSSR count). The van der Waals surface area contributed by atoms with Crippen molar-refractivity contribution < 1.29 is 0 Å². The van der Waals surface area contributed by atoms with Crippen LogP contribution in [0, 0.1) is 6.92 Å². The van der Waals surface area contributed by atoms with Crippen LogP contribution in [0.3, 0.4) is 0 Å². The molecule has 0 saturated carbocycles. The van der Waals surface area contributed by atoms with Gasteiger partial charge in [-0.15, -0.1) is 0 Å². The number of nitrogen functional groups attached to an aromatic ring is 1. The van der Waals surface area contributed by atoms with Crippen LogP contribution < -0.4 is 11.1 Å². The molecule has 1 aromatic heterocycles. The molecule has 112 valence electrons. The molecule has 21 heavy (non-hydrogen) atoms. The summed E-state index contributed by atoms with van der Waals surface area (Å²) in [5, 5.41) is 3.40. The van der Waals surface area contributed by atoms with Gasteiger partial charge in [-0.05, 0) is 31.7 Å². The molecule has 1 heterocycles. The third kappa shape index (κ3) is 4.45. The number of hydrogen-bond acceptors (Lipinski definition) is 4. The number of rotatable bonds is 7. The van der Waals surface area contributed by atoms with Crippen LogP contribution in [0.1, 0.15) is 36.6 Å². The molecule has 0 aliphatic carbocycles. The highest BCUT2D eigenvalue weighted by Crippen LogP contribution is 2.20. The molecule has 0 spiro atoms. The minimum atomic E-state index is 0.343. The normalized spacial score (nSPS) is 10.6. The molecule has 3 N–H and O–H groups in total. The smallest absolute Gasteiger partial charge is 0.222 e. The maximum absolute atomic E-state index is 5.78.